The number of nitrogens with two attached hydrogens (primary N) is 1. The first-order chi connectivity index (χ1) is 7.78. The van der Waals surface area contributed by atoms with E-state index in [2.05, 4.69) is 9.88 Å². The molecule has 86 valence electrons. The number of piperidine rings is 2. The largest absolute Gasteiger partial charge is 0.481 e. The molecule has 4 nitrogen and oxygen atoms in total. The van der Waals surface area contributed by atoms with Gasteiger partial charge in [-0.15, -0.1) is 0 Å². The Kier molecular flexibility index (Phi) is 2.24. The molecule has 4 rings (SSSR count). The van der Waals surface area contributed by atoms with Crippen molar-refractivity contribution in [3.63, 3.8) is 0 Å². The maximum Gasteiger partial charge on any atom is 0.214 e. The summed E-state index contributed by atoms with van der Waals surface area (Å²) in [6.07, 6.45) is 3.11. The molecule has 0 aromatic carbocycles. The van der Waals surface area contributed by atoms with Gasteiger partial charge in [-0.2, -0.15) is 0 Å². The second-order valence-corrected chi connectivity index (χ2v) is 4.79. The number of aromatic nitrogens is 1. The summed E-state index contributed by atoms with van der Waals surface area (Å²) >= 11 is 0. The summed E-state index contributed by atoms with van der Waals surface area (Å²) in [6.45, 7) is 2.15. The highest BCUT2D eigenvalue weighted by molar-refractivity contribution is 5.49. The number of anilines is 1. The molecule has 16 heavy (non-hydrogen) atoms. The predicted octanol–water partition coefficient (Wildman–Crippen LogP) is 0.874. The Balaban J connectivity index is 1.78. The zero-order valence-corrected chi connectivity index (χ0v) is 9.47. The molecular weight excluding hydrogens is 202 g/mol. The third-order valence-corrected chi connectivity index (χ3v) is 3.90. The lowest BCUT2D eigenvalue weighted by Crippen LogP contribution is -2.62. The fourth-order valence-electron chi connectivity index (χ4n) is 2.84. The highest BCUT2D eigenvalue weighted by atomic mass is 16.5. The average molecular weight is 219 g/mol. The maximum atomic E-state index is 6.06. The molecule has 2 aliphatic heterocycles. The smallest absolute Gasteiger partial charge is 0.214 e. The van der Waals surface area contributed by atoms with Gasteiger partial charge >= 0.3 is 0 Å². The van der Waals surface area contributed by atoms with Gasteiger partial charge in [-0.3, -0.25) is 0 Å². The minimum absolute atomic E-state index is 0.431. The summed E-state index contributed by atoms with van der Waals surface area (Å²) in [5.41, 5.74) is 7.26. The third-order valence-electron chi connectivity index (χ3n) is 3.90. The average Bonchev–Trinajstić information content (AvgIpc) is 2.38. The van der Waals surface area contributed by atoms with Crippen molar-refractivity contribution in [1.29, 1.82) is 0 Å². The summed E-state index contributed by atoms with van der Waals surface area (Å²) in [7, 11) is 1.65. The van der Waals surface area contributed by atoms with Crippen molar-refractivity contribution in [3.05, 3.63) is 18.3 Å². The van der Waals surface area contributed by atoms with E-state index in [1.807, 2.05) is 12.1 Å². The number of hydrogen-bond acceptors (Lipinski definition) is 4. The van der Waals surface area contributed by atoms with Crippen LogP contribution in [0.25, 0.3) is 0 Å². The van der Waals surface area contributed by atoms with Gasteiger partial charge in [-0.25, -0.2) is 4.98 Å². The van der Waals surface area contributed by atoms with Gasteiger partial charge in [-0.05, 0) is 24.3 Å². The van der Waals surface area contributed by atoms with Crippen molar-refractivity contribution >= 4 is 5.69 Å². The minimum Gasteiger partial charge on any atom is -0.481 e. The molecule has 1 aromatic heterocycles. The Labute approximate surface area is 95.4 Å². The number of rotatable bonds is 2. The van der Waals surface area contributed by atoms with Crippen molar-refractivity contribution in [2.75, 3.05) is 25.1 Å². The number of nitrogens with zero attached hydrogens (tertiary/aromatic N) is 2. The van der Waals surface area contributed by atoms with Crippen LogP contribution in [-0.4, -0.2) is 31.2 Å². The lowest BCUT2D eigenvalue weighted by atomic mass is 9.66. The molecule has 3 fully saturated rings. The molecule has 2 N–H and O–H groups in total. The lowest BCUT2D eigenvalue weighted by Gasteiger charge is -2.52. The Hall–Kier alpha value is -1.29. The molecule has 1 saturated carbocycles. The van der Waals surface area contributed by atoms with Crippen LogP contribution < -0.4 is 15.4 Å². The van der Waals surface area contributed by atoms with Crippen LogP contribution in [0, 0.1) is 11.8 Å². The number of pyridine rings is 1. The van der Waals surface area contributed by atoms with Gasteiger partial charge in [-0.1, -0.05) is 0 Å². The SMILES string of the molecule is COc1cc(N2C[C@H]3C[C@@H](C2)[C@@H]3N)ccn1. The molecule has 3 heterocycles. The first-order valence-electron chi connectivity index (χ1n) is 5.78. The van der Waals surface area contributed by atoms with Gasteiger partial charge in [0, 0.05) is 37.1 Å². The molecule has 1 aliphatic carbocycles. The fraction of sp³-hybridized carbons (Fsp3) is 0.583. The van der Waals surface area contributed by atoms with E-state index in [9.17, 15) is 0 Å². The van der Waals surface area contributed by atoms with Gasteiger partial charge < -0.3 is 15.4 Å². The van der Waals surface area contributed by atoms with E-state index in [-0.39, 0.29) is 0 Å². The second kappa shape index (κ2) is 3.63. The monoisotopic (exact) mass is 219 g/mol. The van der Waals surface area contributed by atoms with E-state index >= 15 is 0 Å². The Bertz CT molecular complexity index is 384. The predicted molar refractivity (Wildman–Crippen MR) is 62.6 cm³/mol. The van der Waals surface area contributed by atoms with Crippen LogP contribution in [-0.2, 0) is 0 Å². The Morgan fingerprint density at radius 1 is 1.44 bits per heavy atom. The van der Waals surface area contributed by atoms with Crippen LogP contribution in [0.3, 0.4) is 0 Å². The fourth-order valence-corrected chi connectivity index (χ4v) is 2.84. The molecule has 3 aliphatic rings. The van der Waals surface area contributed by atoms with Crippen molar-refractivity contribution in [2.45, 2.75) is 12.5 Å². The van der Waals surface area contributed by atoms with E-state index < -0.39 is 0 Å². The van der Waals surface area contributed by atoms with Crippen molar-refractivity contribution in [2.24, 2.45) is 17.6 Å². The van der Waals surface area contributed by atoms with Gasteiger partial charge in [0.2, 0.25) is 5.88 Å². The summed E-state index contributed by atoms with van der Waals surface area (Å²) in [5, 5.41) is 0. The maximum absolute atomic E-state index is 6.06. The highest BCUT2D eigenvalue weighted by Crippen LogP contribution is 2.40. The van der Waals surface area contributed by atoms with Crippen LogP contribution in [0.15, 0.2) is 18.3 Å². The molecule has 3 atom stereocenters. The van der Waals surface area contributed by atoms with Crippen LogP contribution in [0.2, 0.25) is 0 Å². The summed E-state index contributed by atoms with van der Waals surface area (Å²) < 4.78 is 5.14. The van der Waals surface area contributed by atoms with E-state index in [1.165, 1.54) is 12.1 Å². The quantitative estimate of drug-likeness (QED) is 0.802. The molecular formula is C12H17N3O. The highest BCUT2D eigenvalue weighted by Gasteiger charge is 2.44. The zero-order chi connectivity index (χ0) is 11.1. The van der Waals surface area contributed by atoms with E-state index in [0.717, 1.165) is 13.1 Å². The molecule has 0 spiro atoms. The van der Waals surface area contributed by atoms with E-state index in [4.69, 9.17) is 10.5 Å². The van der Waals surface area contributed by atoms with Crippen molar-refractivity contribution in [3.8, 4) is 5.88 Å². The number of methoxy groups -OCH3 is 1. The summed E-state index contributed by atoms with van der Waals surface area (Å²) in [4.78, 5) is 6.52. The van der Waals surface area contributed by atoms with Gasteiger partial charge in [0.05, 0.1) is 7.11 Å². The molecule has 2 bridgehead atoms. The Morgan fingerprint density at radius 2 is 2.19 bits per heavy atom. The number of fused-ring (bicyclic) bond motifs is 2. The first kappa shape index (κ1) is 9.90. The summed E-state index contributed by atoms with van der Waals surface area (Å²) in [5.74, 6) is 2.04. The molecule has 0 unspecified atom stereocenters. The van der Waals surface area contributed by atoms with Gasteiger partial charge in [0.1, 0.15) is 0 Å². The number of hydrogen-bond donors (Lipinski definition) is 1. The first-order valence-corrected chi connectivity index (χ1v) is 5.78. The lowest BCUT2D eigenvalue weighted by molar-refractivity contribution is 0.116. The standard InChI is InChI=1S/C12H17N3O/c1-16-11-5-10(2-3-14-11)15-6-8-4-9(7-15)12(8)13/h2-3,5,8-9,12H,4,6-7,13H2,1H3/t8-,9+,12-. The number of ether oxygens (including phenoxy) is 1. The summed E-state index contributed by atoms with van der Waals surface area (Å²) in [6, 6.07) is 4.47. The van der Waals surface area contributed by atoms with Gasteiger partial charge in [0.15, 0.2) is 0 Å². The van der Waals surface area contributed by atoms with Crippen molar-refractivity contribution < 1.29 is 4.74 Å². The van der Waals surface area contributed by atoms with Gasteiger partial charge in [0.25, 0.3) is 0 Å². The van der Waals surface area contributed by atoms with Crippen LogP contribution >= 0.6 is 0 Å². The van der Waals surface area contributed by atoms with E-state index in [0.29, 0.717) is 23.8 Å². The third kappa shape index (κ3) is 1.45. The molecule has 1 aromatic rings. The normalized spacial score (nSPS) is 32.1. The topological polar surface area (TPSA) is 51.4 Å². The Morgan fingerprint density at radius 3 is 2.81 bits per heavy atom. The molecule has 2 saturated heterocycles. The second-order valence-electron chi connectivity index (χ2n) is 4.79. The minimum atomic E-state index is 0.431. The zero-order valence-electron chi connectivity index (χ0n) is 9.47. The molecule has 4 heteroatoms. The molecule has 0 amide bonds. The van der Waals surface area contributed by atoms with Crippen LogP contribution in [0.1, 0.15) is 6.42 Å². The van der Waals surface area contributed by atoms with E-state index in [1.54, 1.807) is 13.3 Å². The van der Waals surface area contributed by atoms with Crippen molar-refractivity contribution in [1.82, 2.24) is 4.98 Å². The van der Waals surface area contributed by atoms with Crippen LogP contribution in [0.5, 0.6) is 5.88 Å². The molecule has 0 radical (unpaired) electrons. The van der Waals surface area contributed by atoms with Crippen LogP contribution in [0.4, 0.5) is 5.69 Å².